The maximum atomic E-state index is 13.8. The zero-order valence-electron chi connectivity index (χ0n) is 24.9. The number of rotatable bonds is 7. The maximum absolute atomic E-state index is 13.8. The fraction of sp³-hybridized carbons (Fsp3) is 0.576. The van der Waals surface area contributed by atoms with Crippen LogP contribution in [-0.2, 0) is 34.2 Å². The molecule has 5 aliphatic rings. The molecule has 2 aromatic rings. The van der Waals surface area contributed by atoms with Gasteiger partial charge in [0.15, 0.2) is 5.83 Å². The van der Waals surface area contributed by atoms with Gasteiger partial charge in [-0.15, -0.1) is 0 Å². The van der Waals surface area contributed by atoms with Crippen LogP contribution in [0.5, 0.6) is 6.01 Å². The molecule has 44 heavy (non-hydrogen) atoms. The average Bonchev–Trinajstić information content (AvgIpc) is 3.59. The van der Waals surface area contributed by atoms with Crippen LogP contribution in [0.4, 0.5) is 10.2 Å². The lowest BCUT2D eigenvalue weighted by Gasteiger charge is -2.43. The van der Waals surface area contributed by atoms with Gasteiger partial charge in [0.25, 0.3) is 5.91 Å². The third kappa shape index (κ3) is 5.23. The van der Waals surface area contributed by atoms with Crippen molar-refractivity contribution in [3.05, 3.63) is 58.0 Å². The third-order valence-corrected chi connectivity index (χ3v) is 10.8. The molecule has 3 saturated heterocycles. The quantitative estimate of drug-likeness (QED) is 0.426. The van der Waals surface area contributed by atoms with Crippen molar-refractivity contribution in [3.63, 3.8) is 0 Å². The average molecular weight is 621 g/mol. The summed E-state index contributed by atoms with van der Waals surface area (Å²) >= 11 is 6.63. The van der Waals surface area contributed by atoms with Crippen molar-refractivity contribution in [2.75, 3.05) is 50.9 Å². The fourth-order valence-corrected chi connectivity index (χ4v) is 8.37. The Hall–Kier alpha value is -3.26. The first kappa shape index (κ1) is 29.5. The van der Waals surface area contributed by atoms with Gasteiger partial charge in [0.05, 0.1) is 43.5 Å². The van der Waals surface area contributed by atoms with E-state index in [2.05, 4.69) is 28.5 Å². The van der Waals surface area contributed by atoms with E-state index in [1.54, 1.807) is 0 Å². The largest absolute Gasteiger partial charge is 0.462 e. The molecule has 1 amide bonds. The number of benzene rings is 1. The van der Waals surface area contributed by atoms with Gasteiger partial charge in [-0.2, -0.15) is 15.2 Å². The predicted octanol–water partition coefficient (Wildman–Crippen LogP) is 4.16. The number of aromatic nitrogens is 2. The molecule has 232 valence electrons. The van der Waals surface area contributed by atoms with Gasteiger partial charge in [-0.05, 0) is 68.7 Å². The monoisotopic (exact) mass is 620 g/mol. The Balaban J connectivity index is 1.20. The van der Waals surface area contributed by atoms with Crippen molar-refractivity contribution < 1.29 is 18.7 Å². The van der Waals surface area contributed by atoms with E-state index in [1.165, 1.54) is 16.0 Å². The first-order valence-corrected chi connectivity index (χ1v) is 16.2. The molecule has 7 rings (SSSR count). The molecule has 0 unspecified atom stereocenters. The second kappa shape index (κ2) is 11.9. The highest BCUT2D eigenvalue weighted by Crippen LogP contribution is 2.50. The highest BCUT2D eigenvalue weighted by molar-refractivity contribution is 6.31. The first-order chi connectivity index (χ1) is 21.4. The molecule has 9 nitrogen and oxygen atoms in total. The zero-order chi connectivity index (χ0) is 30.4. The van der Waals surface area contributed by atoms with E-state index < -0.39 is 17.8 Å². The number of fused-ring (bicyclic) bond motifs is 3. The molecule has 4 heterocycles. The summed E-state index contributed by atoms with van der Waals surface area (Å²) in [4.78, 5) is 28.7. The van der Waals surface area contributed by atoms with Crippen LogP contribution in [0.3, 0.4) is 0 Å². The van der Waals surface area contributed by atoms with Crippen LogP contribution in [0, 0.1) is 11.3 Å². The zero-order valence-corrected chi connectivity index (χ0v) is 25.7. The first-order valence-electron chi connectivity index (χ1n) is 15.8. The molecule has 0 N–H and O–H groups in total. The molecular weight excluding hydrogens is 583 g/mol. The summed E-state index contributed by atoms with van der Waals surface area (Å²) < 4.78 is 25.7. The van der Waals surface area contributed by atoms with E-state index in [-0.39, 0.29) is 18.4 Å². The lowest BCUT2D eigenvalue weighted by molar-refractivity contribution is -0.131. The van der Waals surface area contributed by atoms with E-state index in [1.807, 2.05) is 12.1 Å². The molecule has 0 saturated carbocycles. The summed E-state index contributed by atoms with van der Waals surface area (Å²) in [5.41, 5.74) is 4.64. The van der Waals surface area contributed by atoms with Crippen molar-refractivity contribution in [2.45, 2.75) is 74.9 Å². The number of likely N-dealkylation sites (tertiary alicyclic amines) is 1. The number of ether oxygens (including phenoxy) is 2. The van der Waals surface area contributed by atoms with Crippen LogP contribution < -0.4 is 9.64 Å². The number of piperazine rings is 1. The number of carbonyl (C=O) groups is 1. The minimum absolute atomic E-state index is 0.0292. The number of halogens is 2. The Morgan fingerprint density at radius 1 is 1.18 bits per heavy atom. The van der Waals surface area contributed by atoms with Crippen molar-refractivity contribution in [2.24, 2.45) is 0 Å². The van der Waals surface area contributed by atoms with E-state index in [9.17, 15) is 14.4 Å². The van der Waals surface area contributed by atoms with Gasteiger partial charge in [0.2, 0.25) is 0 Å². The topological polar surface area (TPSA) is 94.8 Å². The molecule has 3 fully saturated rings. The molecule has 1 aromatic heterocycles. The van der Waals surface area contributed by atoms with Gasteiger partial charge >= 0.3 is 6.01 Å². The van der Waals surface area contributed by atoms with Gasteiger partial charge in [0, 0.05) is 41.7 Å². The molecule has 2 aliphatic carbocycles. The van der Waals surface area contributed by atoms with E-state index >= 15 is 0 Å². The van der Waals surface area contributed by atoms with Gasteiger partial charge in [0.1, 0.15) is 12.4 Å². The number of hydrogen-bond donors (Lipinski definition) is 0. The molecule has 0 radical (unpaired) electrons. The summed E-state index contributed by atoms with van der Waals surface area (Å²) in [6.07, 6.45) is 6.83. The van der Waals surface area contributed by atoms with E-state index in [0.29, 0.717) is 37.8 Å². The standard InChI is InChI=1S/C33H38ClFN6O3/c1-21(35)31(42)41-15-14-39(17-22(41)9-12-36)30-26-8-11-33(10-7-25-27(33)5-2-6-28(25)34)16-29(26)37-32(38-30)44-20-23-4-3-13-40(23)24-18-43-19-24/h2,5-6,22-24H,1,3-4,7-11,13-20H2/t22-,23-,33-/m0/s1. The maximum Gasteiger partial charge on any atom is 0.318 e. The lowest BCUT2D eigenvalue weighted by Crippen LogP contribution is -2.55. The molecule has 1 spiro atoms. The molecule has 0 bridgehead atoms. The number of nitrogens with zero attached hydrogens (tertiary/aromatic N) is 6. The number of carbonyl (C=O) groups excluding carboxylic acids is 1. The molecule has 3 aliphatic heterocycles. The van der Waals surface area contributed by atoms with E-state index in [4.69, 9.17) is 31.0 Å². The van der Waals surface area contributed by atoms with Gasteiger partial charge in [-0.25, -0.2) is 4.39 Å². The number of amides is 1. The van der Waals surface area contributed by atoms with Crippen LogP contribution in [0.1, 0.15) is 54.5 Å². The van der Waals surface area contributed by atoms with Crippen LogP contribution in [0.25, 0.3) is 0 Å². The Morgan fingerprint density at radius 3 is 2.75 bits per heavy atom. The summed E-state index contributed by atoms with van der Waals surface area (Å²) in [7, 11) is 0. The van der Waals surface area contributed by atoms with Crippen molar-refractivity contribution in [1.29, 1.82) is 5.26 Å². The Labute approximate surface area is 262 Å². The molecule has 3 atom stereocenters. The van der Waals surface area contributed by atoms with Crippen molar-refractivity contribution in [1.82, 2.24) is 19.8 Å². The van der Waals surface area contributed by atoms with Crippen LogP contribution >= 0.6 is 11.6 Å². The van der Waals surface area contributed by atoms with Gasteiger partial charge in [-0.3, -0.25) is 9.69 Å². The minimum atomic E-state index is -1.01. The minimum Gasteiger partial charge on any atom is -0.462 e. The normalized spacial score (nSPS) is 26.7. The fourth-order valence-electron chi connectivity index (χ4n) is 8.10. The highest BCUT2D eigenvalue weighted by atomic mass is 35.5. The van der Waals surface area contributed by atoms with E-state index in [0.717, 1.165) is 86.8 Å². The van der Waals surface area contributed by atoms with Crippen molar-refractivity contribution in [3.8, 4) is 12.1 Å². The number of anilines is 1. The summed E-state index contributed by atoms with van der Waals surface area (Å²) in [6, 6.07) is 9.06. The molecule has 11 heteroatoms. The second-order valence-electron chi connectivity index (χ2n) is 12.9. The third-order valence-electron chi connectivity index (χ3n) is 10.5. The smallest absolute Gasteiger partial charge is 0.318 e. The Morgan fingerprint density at radius 2 is 2.00 bits per heavy atom. The lowest BCUT2D eigenvalue weighted by atomic mass is 9.69. The van der Waals surface area contributed by atoms with Gasteiger partial charge in [-0.1, -0.05) is 30.3 Å². The molecule has 1 aromatic carbocycles. The predicted molar refractivity (Wildman–Crippen MR) is 164 cm³/mol. The molecular formula is C33H38ClFN6O3. The van der Waals surface area contributed by atoms with Crippen LogP contribution in [-0.4, -0.2) is 89.8 Å². The number of nitriles is 1. The highest BCUT2D eigenvalue weighted by Gasteiger charge is 2.44. The van der Waals surface area contributed by atoms with Crippen LogP contribution in [0.15, 0.2) is 30.6 Å². The van der Waals surface area contributed by atoms with Crippen LogP contribution in [0.2, 0.25) is 5.02 Å². The Kier molecular flexibility index (Phi) is 7.98. The summed E-state index contributed by atoms with van der Waals surface area (Å²) in [5, 5.41) is 10.4. The van der Waals surface area contributed by atoms with Crippen molar-refractivity contribution >= 4 is 23.3 Å². The second-order valence-corrected chi connectivity index (χ2v) is 13.3. The summed E-state index contributed by atoms with van der Waals surface area (Å²) in [6.45, 7) is 7.42. The number of hydrogen-bond acceptors (Lipinski definition) is 8. The SMILES string of the molecule is C=C(F)C(=O)N1CCN(c2nc(OC[C@@H]3CCCN3C3COC3)nc3c2CC[C@@]2(CCc4c(Cl)cccc42)C3)C[C@@H]1CC#N. The summed E-state index contributed by atoms with van der Waals surface area (Å²) in [5.74, 6) is -0.959. The Bertz CT molecular complexity index is 1510. The van der Waals surface area contributed by atoms with Gasteiger partial charge < -0.3 is 19.3 Å².